The van der Waals surface area contributed by atoms with E-state index in [1.807, 2.05) is 6.07 Å². The van der Waals surface area contributed by atoms with E-state index in [0.717, 1.165) is 12.4 Å². The summed E-state index contributed by atoms with van der Waals surface area (Å²) in [7, 11) is 0. The van der Waals surface area contributed by atoms with Crippen molar-refractivity contribution in [3.05, 3.63) is 29.8 Å². The van der Waals surface area contributed by atoms with E-state index in [1.165, 1.54) is 70.1 Å². The summed E-state index contributed by atoms with van der Waals surface area (Å²) in [6, 6.07) is 8.27. The van der Waals surface area contributed by atoms with Crippen LogP contribution in [-0.4, -0.2) is 53.3 Å². The Hall–Kier alpha value is -2.08. The Morgan fingerprint density at radius 2 is 1.58 bits per heavy atom. The number of rotatable bonds is 8. The molecule has 6 nitrogen and oxygen atoms in total. The number of likely N-dealkylation sites (tertiary alicyclic amines) is 1. The molecule has 146 valence electrons. The van der Waals surface area contributed by atoms with Crippen LogP contribution in [0, 0.1) is 6.92 Å². The zero-order valence-electron chi connectivity index (χ0n) is 15.7. The van der Waals surface area contributed by atoms with Crippen LogP contribution < -0.4 is 4.74 Å². The monoisotopic (exact) mass is 365 g/mol. The molecular formula is C20H31NO5. The lowest BCUT2D eigenvalue weighted by atomic mass is 10.1. The number of aliphatic carboxylic acids is 2. The van der Waals surface area contributed by atoms with Crippen LogP contribution in [0.5, 0.6) is 5.75 Å². The number of aryl methyl sites for hydroxylation is 1. The second-order valence-corrected chi connectivity index (χ2v) is 6.54. The minimum atomic E-state index is -1.82. The Morgan fingerprint density at radius 3 is 2.19 bits per heavy atom. The highest BCUT2D eigenvalue weighted by Crippen LogP contribution is 2.16. The molecule has 0 bridgehead atoms. The molecule has 2 rings (SSSR count). The third kappa shape index (κ3) is 10.0. The molecule has 1 heterocycles. The highest BCUT2D eigenvalue weighted by molar-refractivity contribution is 6.27. The Bertz CT molecular complexity index is 529. The highest BCUT2D eigenvalue weighted by atomic mass is 16.5. The van der Waals surface area contributed by atoms with Crippen molar-refractivity contribution in [3.8, 4) is 5.75 Å². The van der Waals surface area contributed by atoms with Crippen molar-refractivity contribution in [1.82, 2.24) is 4.90 Å². The van der Waals surface area contributed by atoms with Gasteiger partial charge in [0, 0.05) is 0 Å². The topological polar surface area (TPSA) is 87.1 Å². The number of para-hydroxylation sites is 1. The van der Waals surface area contributed by atoms with Gasteiger partial charge in [0.1, 0.15) is 5.75 Å². The van der Waals surface area contributed by atoms with Crippen LogP contribution in [0.25, 0.3) is 0 Å². The first-order chi connectivity index (χ1) is 12.5. The number of nitrogens with zero attached hydrogens (tertiary/aromatic N) is 1. The van der Waals surface area contributed by atoms with Crippen LogP contribution in [0.3, 0.4) is 0 Å². The van der Waals surface area contributed by atoms with Crippen LogP contribution in [0.15, 0.2) is 24.3 Å². The van der Waals surface area contributed by atoms with E-state index >= 15 is 0 Å². The van der Waals surface area contributed by atoms with E-state index in [-0.39, 0.29) is 0 Å². The number of carbonyl (C=O) groups is 2. The van der Waals surface area contributed by atoms with E-state index in [2.05, 4.69) is 30.0 Å². The van der Waals surface area contributed by atoms with Crippen molar-refractivity contribution in [1.29, 1.82) is 0 Å². The quantitative estimate of drug-likeness (QED) is 0.541. The Balaban J connectivity index is 0.000000487. The minimum Gasteiger partial charge on any atom is -0.493 e. The number of carboxylic acid groups (broad SMARTS) is 2. The van der Waals surface area contributed by atoms with Gasteiger partial charge in [0.15, 0.2) is 0 Å². The summed E-state index contributed by atoms with van der Waals surface area (Å²) < 4.78 is 5.82. The SMILES string of the molecule is Cc1ccccc1OCCCCCCN1CCCCC1.O=C(O)C(=O)O. The molecule has 0 aromatic heterocycles. The molecule has 0 amide bonds. The van der Waals surface area contributed by atoms with Crippen molar-refractivity contribution in [2.45, 2.75) is 51.9 Å². The number of unbranched alkanes of at least 4 members (excludes halogenated alkanes) is 3. The Morgan fingerprint density at radius 1 is 0.962 bits per heavy atom. The summed E-state index contributed by atoms with van der Waals surface area (Å²) in [5, 5.41) is 14.8. The molecule has 0 radical (unpaired) electrons. The van der Waals surface area contributed by atoms with Gasteiger partial charge in [-0.3, -0.25) is 0 Å². The summed E-state index contributed by atoms with van der Waals surface area (Å²) >= 11 is 0. The summed E-state index contributed by atoms with van der Waals surface area (Å²) in [6.45, 7) is 6.92. The molecule has 0 aliphatic carbocycles. The molecule has 2 N–H and O–H groups in total. The molecule has 1 saturated heterocycles. The van der Waals surface area contributed by atoms with Gasteiger partial charge in [0.2, 0.25) is 0 Å². The number of benzene rings is 1. The average molecular weight is 365 g/mol. The van der Waals surface area contributed by atoms with Gasteiger partial charge in [-0.15, -0.1) is 0 Å². The second kappa shape index (κ2) is 13.2. The van der Waals surface area contributed by atoms with Gasteiger partial charge in [0.05, 0.1) is 6.61 Å². The van der Waals surface area contributed by atoms with Gasteiger partial charge in [-0.05, 0) is 63.9 Å². The van der Waals surface area contributed by atoms with Crippen molar-refractivity contribution in [2.24, 2.45) is 0 Å². The zero-order valence-corrected chi connectivity index (χ0v) is 15.7. The highest BCUT2D eigenvalue weighted by Gasteiger charge is 2.08. The molecule has 1 aromatic rings. The Labute approximate surface area is 155 Å². The lowest BCUT2D eigenvalue weighted by Crippen LogP contribution is -2.30. The standard InChI is InChI=1S/C18H29NO.C2H2O4/c1-17-11-5-6-12-18(17)20-16-10-3-2-7-13-19-14-8-4-9-15-19;3-1(4)2(5)6/h5-6,11-12H,2-4,7-10,13-16H2,1H3;(H,3,4)(H,5,6). The van der Waals surface area contributed by atoms with Gasteiger partial charge >= 0.3 is 11.9 Å². The molecule has 0 saturated carbocycles. The third-order valence-corrected chi connectivity index (χ3v) is 4.35. The summed E-state index contributed by atoms with van der Waals surface area (Å²) in [6.07, 6.45) is 9.41. The lowest BCUT2D eigenvalue weighted by molar-refractivity contribution is -0.159. The van der Waals surface area contributed by atoms with Gasteiger partial charge in [-0.1, -0.05) is 37.5 Å². The summed E-state index contributed by atoms with van der Waals surface area (Å²) in [5.41, 5.74) is 1.23. The molecule has 1 fully saturated rings. The first kappa shape index (κ1) is 22.0. The number of ether oxygens (including phenoxy) is 1. The molecule has 1 aliphatic heterocycles. The van der Waals surface area contributed by atoms with Crippen molar-refractivity contribution in [3.63, 3.8) is 0 Å². The largest absolute Gasteiger partial charge is 0.493 e. The van der Waals surface area contributed by atoms with E-state index in [9.17, 15) is 0 Å². The predicted octanol–water partition coefficient (Wildman–Crippen LogP) is 3.58. The maximum Gasteiger partial charge on any atom is 0.414 e. The van der Waals surface area contributed by atoms with Gasteiger partial charge < -0.3 is 19.8 Å². The average Bonchev–Trinajstić information content (AvgIpc) is 2.63. The van der Waals surface area contributed by atoms with Crippen LogP contribution in [0.1, 0.15) is 50.5 Å². The van der Waals surface area contributed by atoms with Crippen molar-refractivity contribution >= 4 is 11.9 Å². The number of hydrogen-bond donors (Lipinski definition) is 2. The zero-order chi connectivity index (χ0) is 19.2. The van der Waals surface area contributed by atoms with Crippen LogP contribution >= 0.6 is 0 Å². The Kier molecular flexibility index (Phi) is 11.1. The van der Waals surface area contributed by atoms with Crippen LogP contribution in [0.2, 0.25) is 0 Å². The fraction of sp³-hybridized carbons (Fsp3) is 0.600. The van der Waals surface area contributed by atoms with E-state index in [4.69, 9.17) is 24.5 Å². The van der Waals surface area contributed by atoms with Crippen LogP contribution in [-0.2, 0) is 9.59 Å². The maximum atomic E-state index is 9.10. The summed E-state index contributed by atoms with van der Waals surface area (Å²) in [5.74, 6) is -2.61. The third-order valence-electron chi connectivity index (χ3n) is 4.35. The first-order valence-corrected chi connectivity index (χ1v) is 9.37. The molecule has 0 spiro atoms. The number of hydrogen-bond acceptors (Lipinski definition) is 4. The van der Waals surface area contributed by atoms with Crippen molar-refractivity contribution in [2.75, 3.05) is 26.2 Å². The fourth-order valence-corrected chi connectivity index (χ4v) is 2.87. The lowest BCUT2D eigenvalue weighted by Gasteiger charge is -2.26. The molecule has 0 unspecified atom stereocenters. The second-order valence-electron chi connectivity index (χ2n) is 6.54. The molecule has 0 atom stereocenters. The van der Waals surface area contributed by atoms with Gasteiger partial charge in [-0.25, -0.2) is 9.59 Å². The van der Waals surface area contributed by atoms with E-state index < -0.39 is 11.9 Å². The fourth-order valence-electron chi connectivity index (χ4n) is 2.87. The van der Waals surface area contributed by atoms with Gasteiger partial charge in [0.25, 0.3) is 0 Å². The smallest absolute Gasteiger partial charge is 0.414 e. The van der Waals surface area contributed by atoms with Gasteiger partial charge in [-0.2, -0.15) is 0 Å². The predicted molar refractivity (Wildman–Crippen MR) is 101 cm³/mol. The number of piperidine rings is 1. The minimum absolute atomic E-state index is 0.856. The van der Waals surface area contributed by atoms with Crippen LogP contribution in [0.4, 0.5) is 0 Å². The molecule has 26 heavy (non-hydrogen) atoms. The molecule has 1 aliphatic rings. The van der Waals surface area contributed by atoms with E-state index in [0.29, 0.717) is 0 Å². The van der Waals surface area contributed by atoms with Crippen molar-refractivity contribution < 1.29 is 24.5 Å². The number of carboxylic acids is 2. The molecular weight excluding hydrogens is 334 g/mol. The molecule has 1 aromatic carbocycles. The normalized spacial score (nSPS) is 14.2. The molecule has 6 heteroatoms. The maximum absolute atomic E-state index is 9.10. The summed E-state index contributed by atoms with van der Waals surface area (Å²) in [4.78, 5) is 20.8. The first-order valence-electron chi connectivity index (χ1n) is 9.37. The van der Waals surface area contributed by atoms with E-state index in [1.54, 1.807) is 0 Å².